The Hall–Kier alpha value is -0.840. The van der Waals surface area contributed by atoms with Crippen LogP contribution in [0.4, 0.5) is 0 Å². The molecular formula is C13H22N2O2. The summed E-state index contributed by atoms with van der Waals surface area (Å²) in [5.74, 6) is 2.01. The molecule has 2 unspecified atom stereocenters. The summed E-state index contributed by atoms with van der Waals surface area (Å²) in [6, 6.07) is 4.67. The summed E-state index contributed by atoms with van der Waals surface area (Å²) < 4.78 is 11.3. The minimum absolute atomic E-state index is 0.175. The predicted molar refractivity (Wildman–Crippen MR) is 66.9 cm³/mol. The van der Waals surface area contributed by atoms with Gasteiger partial charge >= 0.3 is 0 Å². The zero-order valence-electron chi connectivity index (χ0n) is 10.7. The normalized spacial score (nSPS) is 23.8. The van der Waals surface area contributed by atoms with Crippen molar-refractivity contribution in [2.75, 3.05) is 26.3 Å². The summed E-state index contributed by atoms with van der Waals surface area (Å²) in [5.41, 5.74) is 5.91. The molecule has 4 nitrogen and oxygen atoms in total. The van der Waals surface area contributed by atoms with E-state index in [1.54, 1.807) is 0 Å². The summed E-state index contributed by atoms with van der Waals surface area (Å²) in [7, 11) is 0. The van der Waals surface area contributed by atoms with E-state index < -0.39 is 0 Å². The van der Waals surface area contributed by atoms with Crippen molar-refractivity contribution in [2.24, 2.45) is 5.73 Å². The van der Waals surface area contributed by atoms with Crippen molar-refractivity contribution in [2.45, 2.75) is 32.4 Å². The molecule has 2 N–H and O–H groups in total. The fourth-order valence-corrected chi connectivity index (χ4v) is 2.38. The highest BCUT2D eigenvalue weighted by atomic mass is 16.5. The van der Waals surface area contributed by atoms with Crippen LogP contribution in [0.3, 0.4) is 0 Å². The van der Waals surface area contributed by atoms with E-state index in [1.165, 1.54) is 0 Å². The first-order chi connectivity index (χ1) is 8.26. The lowest BCUT2D eigenvalue weighted by atomic mass is 10.1. The van der Waals surface area contributed by atoms with E-state index in [1.807, 2.05) is 6.07 Å². The summed E-state index contributed by atoms with van der Waals surface area (Å²) in [4.78, 5) is 2.38. The number of hydrogen-bond acceptors (Lipinski definition) is 4. The Morgan fingerprint density at radius 2 is 2.35 bits per heavy atom. The summed E-state index contributed by atoms with van der Waals surface area (Å²) in [6.07, 6.45) is 0.927. The fraction of sp³-hybridized carbons (Fsp3) is 0.692. The molecular weight excluding hydrogens is 216 g/mol. The molecule has 0 aliphatic carbocycles. The highest BCUT2D eigenvalue weighted by molar-refractivity contribution is 5.12. The van der Waals surface area contributed by atoms with Gasteiger partial charge in [-0.25, -0.2) is 0 Å². The topological polar surface area (TPSA) is 51.6 Å². The third-order valence-electron chi connectivity index (χ3n) is 3.40. The quantitative estimate of drug-likeness (QED) is 0.865. The zero-order chi connectivity index (χ0) is 12.3. The van der Waals surface area contributed by atoms with Gasteiger partial charge in [0.05, 0.1) is 19.3 Å². The maximum Gasteiger partial charge on any atom is 0.122 e. The van der Waals surface area contributed by atoms with E-state index in [4.69, 9.17) is 14.9 Å². The summed E-state index contributed by atoms with van der Waals surface area (Å²) in [6.45, 7) is 7.33. The van der Waals surface area contributed by atoms with Crippen molar-refractivity contribution in [1.29, 1.82) is 0 Å². The van der Waals surface area contributed by atoms with Crippen molar-refractivity contribution in [3.63, 3.8) is 0 Å². The molecule has 0 aromatic carbocycles. The van der Waals surface area contributed by atoms with Gasteiger partial charge in [-0.05, 0) is 19.1 Å². The molecule has 0 amide bonds. The Kier molecular flexibility index (Phi) is 4.20. The third kappa shape index (κ3) is 2.70. The average Bonchev–Trinajstić information content (AvgIpc) is 2.81. The van der Waals surface area contributed by atoms with Gasteiger partial charge in [-0.3, -0.25) is 4.90 Å². The molecule has 17 heavy (non-hydrogen) atoms. The van der Waals surface area contributed by atoms with Crippen molar-refractivity contribution >= 4 is 0 Å². The zero-order valence-corrected chi connectivity index (χ0v) is 10.7. The van der Waals surface area contributed by atoms with Crippen LogP contribution in [0.15, 0.2) is 16.5 Å². The van der Waals surface area contributed by atoms with E-state index in [9.17, 15) is 0 Å². The van der Waals surface area contributed by atoms with Gasteiger partial charge in [-0.2, -0.15) is 0 Å². The van der Waals surface area contributed by atoms with Crippen LogP contribution >= 0.6 is 0 Å². The van der Waals surface area contributed by atoms with E-state index in [2.05, 4.69) is 24.8 Å². The van der Waals surface area contributed by atoms with Crippen LogP contribution in [-0.2, 0) is 11.2 Å². The summed E-state index contributed by atoms with van der Waals surface area (Å²) >= 11 is 0. The highest BCUT2D eigenvalue weighted by Crippen LogP contribution is 2.25. The second-order valence-corrected chi connectivity index (χ2v) is 4.57. The Bertz CT molecular complexity index is 351. The third-order valence-corrected chi connectivity index (χ3v) is 3.40. The van der Waals surface area contributed by atoms with Crippen molar-refractivity contribution in [3.8, 4) is 0 Å². The molecule has 96 valence electrons. The Labute approximate surface area is 103 Å². The van der Waals surface area contributed by atoms with Gasteiger partial charge in [-0.15, -0.1) is 0 Å². The van der Waals surface area contributed by atoms with Crippen LogP contribution in [0.2, 0.25) is 0 Å². The van der Waals surface area contributed by atoms with Crippen LogP contribution in [0.5, 0.6) is 0 Å². The molecule has 1 saturated heterocycles. The highest BCUT2D eigenvalue weighted by Gasteiger charge is 2.28. The molecule has 2 heterocycles. The molecule has 0 radical (unpaired) electrons. The minimum Gasteiger partial charge on any atom is -0.464 e. The number of hydrogen-bond donors (Lipinski definition) is 1. The maximum absolute atomic E-state index is 5.91. The molecule has 1 aromatic heterocycles. The summed E-state index contributed by atoms with van der Waals surface area (Å²) in [5, 5.41) is 0. The number of morpholine rings is 1. The molecule has 1 aromatic rings. The van der Waals surface area contributed by atoms with E-state index >= 15 is 0 Å². The van der Waals surface area contributed by atoms with Gasteiger partial charge in [0.25, 0.3) is 0 Å². The number of nitrogens with two attached hydrogens (primary N) is 1. The smallest absolute Gasteiger partial charge is 0.122 e. The molecule has 1 aliphatic heterocycles. The molecule has 0 saturated carbocycles. The van der Waals surface area contributed by atoms with Gasteiger partial charge in [0, 0.05) is 25.6 Å². The van der Waals surface area contributed by atoms with Gasteiger partial charge in [0.15, 0.2) is 0 Å². The number of furan rings is 1. The number of rotatable bonds is 4. The van der Waals surface area contributed by atoms with Crippen LogP contribution in [0, 0.1) is 0 Å². The van der Waals surface area contributed by atoms with Gasteiger partial charge in [0.2, 0.25) is 0 Å². The van der Waals surface area contributed by atoms with Gasteiger partial charge < -0.3 is 14.9 Å². The SMILES string of the molecule is CCc1ccc(C(CN)N2CCOCC2C)o1. The van der Waals surface area contributed by atoms with Crippen molar-refractivity contribution < 1.29 is 9.15 Å². The Morgan fingerprint density at radius 1 is 1.53 bits per heavy atom. The Balaban J connectivity index is 2.14. The lowest BCUT2D eigenvalue weighted by molar-refractivity contribution is -0.0250. The van der Waals surface area contributed by atoms with Gasteiger partial charge in [-0.1, -0.05) is 6.92 Å². The Morgan fingerprint density at radius 3 is 2.94 bits per heavy atom. The monoisotopic (exact) mass is 238 g/mol. The number of nitrogens with zero attached hydrogens (tertiary/aromatic N) is 1. The predicted octanol–water partition coefficient (Wildman–Crippen LogP) is 1.56. The first-order valence-corrected chi connectivity index (χ1v) is 6.38. The molecule has 1 fully saturated rings. The van der Waals surface area contributed by atoms with E-state index in [-0.39, 0.29) is 6.04 Å². The van der Waals surface area contributed by atoms with Gasteiger partial charge in [0.1, 0.15) is 11.5 Å². The first-order valence-electron chi connectivity index (χ1n) is 6.38. The number of aryl methyl sites for hydroxylation is 1. The molecule has 1 aliphatic rings. The maximum atomic E-state index is 5.91. The standard InChI is InChI=1S/C13H22N2O2/c1-3-11-4-5-13(17-11)12(8-14)15-6-7-16-9-10(15)2/h4-5,10,12H,3,6-9,14H2,1-2H3. The molecule has 0 spiro atoms. The van der Waals surface area contributed by atoms with Crippen molar-refractivity contribution in [1.82, 2.24) is 4.90 Å². The second-order valence-electron chi connectivity index (χ2n) is 4.57. The molecule has 2 atom stereocenters. The largest absolute Gasteiger partial charge is 0.464 e. The lowest BCUT2D eigenvalue weighted by Gasteiger charge is -2.38. The van der Waals surface area contributed by atoms with Crippen LogP contribution in [-0.4, -0.2) is 37.2 Å². The second kappa shape index (κ2) is 5.67. The number of ether oxygens (including phenoxy) is 1. The van der Waals surface area contributed by atoms with E-state index in [0.717, 1.165) is 37.7 Å². The van der Waals surface area contributed by atoms with Crippen LogP contribution in [0.1, 0.15) is 31.4 Å². The van der Waals surface area contributed by atoms with Crippen LogP contribution in [0.25, 0.3) is 0 Å². The van der Waals surface area contributed by atoms with E-state index in [0.29, 0.717) is 12.6 Å². The molecule has 4 heteroatoms. The van der Waals surface area contributed by atoms with Crippen LogP contribution < -0.4 is 5.73 Å². The first kappa shape index (κ1) is 12.6. The lowest BCUT2D eigenvalue weighted by Crippen LogP contribution is -2.47. The minimum atomic E-state index is 0.175. The van der Waals surface area contributed by atoms with Crippen molar-refractivity contribution in [3.05, 3.63) is 23.7 Å². The molecule has 2 rings (SSSR count). The average molecular weight is 238 g/mol. The fourth-order valence-electron chi connectivity index (χ4n) is 2.38. The molecule has 0 bridgehead atoms.